The number of Topliss-reactive ketones (excluding diaryl/α,β-unsaturated/α-hetero) is 2. The lowest BCUT2D eigenvalue weighted by Crippen LogP contribution is -2.51. The van der Waals surface area contributed by atoms with E-state index in [0.717, 1.165) is 78.2 Å². The van der Waals surface area contributed by atoms with Crippen LogP contribution in [0.3, 0.4) is 0 Å². The molecule has 5 aromatic rings. The van der Waals surface area contributed by atoms with Crippen molar-refractivity contribution < 1.29 is 51.8 Å². The zero-order valence-corrected chi connectivity index (χ0v) is 79.5. The zero-order valence-electron chi connectivity index (χ0n) is 77.5. The summed E-state index contributed by atoms with van der Waals surface area (Å²) in [6, 6.07) is 37.8. The summed E-state index contributed by atoms with van der Waals surface area (Å²) >= 11 is 0. The molecule has 672 valence electrons. The Balaban J connectivity index is 0.000000609. The zero-order chi connectivity index (χ0) is 88.9. The van der Waals surface area contributed by atoms with E-state index in [1.54, 1.807) is 0 Å². The molecule has 0 unspecified atom stereocenters. The first-order valence-corrected chi connectivity index (χ1v) is 50.4. The summed E-state index contributed by atoms with van der Waals surface area (Å²) in [7, 11) is -3.53. The molecule has 18 nitrogen and oxygen atoms in total. The van der Waals surface area contributed by atoms with Gasteiger partial charge in [0.15, 0.2) is 28.2 Å². The molecule has 4 amide bonds. The molecule has 6 rings (SSSR count). The van der Waals surface area contributed by atoms with Crippen molar-refractivity contribution in [1.82, 2.24) is 10.6 Å². The van der Waals surface area contributed by atoms with Gasteiger partial charge in [0.2, 0.25) is 23.6 Å². The first-order valence-electron chi connectivity index (χ1n) is 46.2. The third kappa shape index (κ3) is 37.6. The van der Waals surface area contributed by atoms with E-state index in [2.05, 4.69) is 108 Å². The van der Waals surface area contributed by atoms with Gasteiger partial charge >= 0.3 is 0 Å². The second-order valence-electron chi connectivity index (χ2n) is 37.2. The number of rotatable bonds is 58. The number of ether oxygens (including phenoxy) is 3. The second-order valence-corrected chi connectivity index (χ2v) is 48.1. The SMILES string of the molecule is CC(C)C[C@H](CC(=O)[C@@H](N)Cc1ccccc1)C(=O)NC1c2ccc(OCCCCCCCCCCCO[Si](C(C)C)(C(C)C)C(C)C)cc2Oc2cc(OCCCCCCCCCCCO[Si](C(C)C)(C(C)C)C(C)C)ccc21.CC(C)C[C@H](CC(=O)[C@@H](N)Cc1ccccc1)C(N)=O.CC(C)C[C@H](NC(=O)[C@@H](N)Cc1ccccc1)C(N)=O. The lowest BCUT2D eigenvalue weighted by atomic mass is 9.87. The highest BCUT2D eigenvalue weighted by atomic mass is 28.4. The smallest absolute Gasteiger partial charge is 0.240 e. The van der Waals surface area contributed by atoms with Crippen LogP contribution < -0.4 is 53.5 Å². The van der Waals surface area contributed by atoms with Crippen molar-refractivity contribution in [3.05, 3.63) is 155 Å². The standard InChI is InChI=1S/C69H116N2O7Si2.C16H24N2O2.C15H23N3O2/c1-51(2)46-59(48-65(72)64(70)47-58-36-30-29-31-37-58)69(73)71-68-62-40-38-60(74-42-32-25-21-17-15-19-23-27-34-44-76-79(52(3)4,53(5)6)54(7)8)49-66(62)78-67-50-61(39-41-63(67)68)75-43-33-26-22-18-16-20-24-28-35-45-77-80(55(9)10,56(11)12)57(13)14;1-11(2)8-13(16(18)20)10-15(19)14(17)9-12-6-4-3-5-7-12;1-10(2)8-13(14(17)19)18-15(20)12(16)9-11-6-4-3-5-7-11/h29-31,36-41,49-57,59,64,68H,15-28,32-35,42-48,70H2,1-14H3,(H,71,73);3-7,11,13-14H,8-10,17H2,1-2H3,(H2,18,20);3-7,10,12-13H,8-9,16H2,1-2H3,(H2,17,19)(H,18,20)/t59-,64+;13-,14+;12-,13-/m110/s1. The third-order valence-corrected chi connectivity index (χ3v) is 36.2. The molecule has 0 bridgehead atoms. The number of ketones is 2. The second kappa shape index (κ2) is 56.7. The molecule has 120 heavy (non-hydrogen) atoms. The lowest BCUT2D eigenvalue weighted by Gasteiger charge is -2.42. The van der Waals surface area contributed by atoms with Crippen LogP contribution in [-0.4, -0.2) is 102 Å². The number of carbonyl (C=O) groups is 6. The van der Waals surface area contributed by atoms with Crippen LogP contribution in [0.4, 0.5) is 0 Å². The van der Waals surface area contributed by atoms with E-state index in [4.69, 9.17) is 51.7 Å². The Morgan fingerprint density at radius 1 is 0.367 bits per heavy atom. The summed E-state index contributed by atoms with van der Waals surface area (Å²) in [5.74, 6) is 0.966. The van der Waals surface area contributed by atoms with E-state index in [9.17, 15) is 28.8 Å². The molecular weight excluding hydrogens is 1530 g/mol. The van der Waals surface area contributed by atoms with Gasteiger partial charge in [-0.15, -0.1) is 0 Å². The van der Waals surface area contributed by atoms with Crippen molar-refractivity contribution in [3.8, 4) is 23.0 Å². The summed E-state index contributed by atoms with van der Waals surface area (Å²) in [5.41, 5.74) is 37.5. The molecule has 1 aliphatic heterocycles. The maximum absolute atomic E-state index is 14.5. The number of amides is 4. The molecule has 0 radical (unpaired) electrons. The van der Waals surface area contributed by atoms with Crippen LogP contribution in [0.2, 0.25) is 33.2 Å². The Morgan fingerprint density at radius 2 is 0.675 bits per heavy atom. The topological polar surface area (TPSA) is 303 Å². The molecule has 0 saturated carbocycles. The molecule has 5 aromatic carbocycles. The number of primary amides is 2. The summed E-state index contributed by atoms with van der Waals surface area (Å²) in [4.78, 5) is 74.9. The van der Waals surface area contributed by atoms with Crippen LogP contribution in [0, 0.1) is 29.6 Å². The normalized spacial score (nSPS) is 13.9. The molecule has 6 atom stereocenters. The predicted octanol–water partition coefficient (Wildman–Crippen LogP) is 21.6. The monoisotopic (exact) mass is 1690 g/mol. The molecule has 0 spiro atoms. The summed E-state index contributed by atoms with van der Waals surface area (Å²) in [5, 5.41) is 6.02. The van der Waals surface area contributed by atoms with Gasteiger partial charge in [-0.05, 0) is 156 Å². The fraction of sp³-hybridized carbons (Fsp3) is 0.640. The van der Waals surface area contributed by atoms with Crippen LogP contribution in [0.15, 0.2) is 127 Å². The van der Waals surface area contributed by atoms with Crippen molar-refractivity contribution in [2.75, 3.05) is 26.4 Å². The Hall–Kier alpha value is -7.05. The molecule has 0 saturated heterocycles. The summed E-state index contributed by atoms with van der Waals surface area (Å²) < 4.78 is 32.9. The molecule has 0 aliphatic carbocycles. The average Bonchev–Trinajstić information content (AvgIpc) is 0.772. The molecule has 1 heterocycles. The van der Waals surface area contributed by atoms with E-state index < -0.39 is 70.5 Å². The van der Waals surface area contributed by atoms with Gasteiger partial charge in [0.1, 0.15) is 29.0 Å². The molecule has 12 N–H and O–H groups in total. The van der Waals surface area contributed by atoms with E-state index in [1.165, 1.54) is 89.9 Å². The van der Waals surface area contributed by atoms with Crippen molar-refractivity contribution in [1.29, 1.82) is 0 Å². The largest absolute Gasteiger partial charge is 0.493 e. The number of nitrogens with one attached hydrogen (secondary N) is 2. The minimum Gasteiger partial charge on any atom is -0.493 e. The van der Waals surface area contributed by atoms with Gasteiger partial charge in [-0.2, -0.15) is 0 Å². The van der Waals surface area contributed by atoms with Gasteiger partial charge in [-0.25, -0.2) is 0 Å². The minimum absolute atomic E-state index is 0.0846. The highest BCUT2D eigenvalue weighted by molar-refractivity contribution is 6.78. The Kier molecular flexibility index (Phi) is 49.7. The van der Waals surface area contributed by atoms with Crippen LogP contribution in [0.25, 0.3) is 0 Å². The van der Waals surface area contributed by atoms with Gasteiger partial charge in [-0.1, -0.05) is 306 Å². The number of carbonyl (C=O) groups excluding carboxylic acids is 6. The van der Waals surface area contributed by atoms with E-state index in [1.807, 2.05) is 155 Å². The van der Waals surface area contributed by atoms with Crippen LogP contribution in [-0.2, 0) is 56.9 Å². The van der Waals surface area contributed by atoms with Gasteiger partial charge in [0.05, 0.1) is 37.4 Å². The quantitative estimate of drug-likeness (QED) is 0.0141. The van der Waals surface area contributed by atoms with Gasteiger partial charge in [-0.3, -0.25) is 28.8 Å². The van der Waals surface area contributed by atoms with Gasteiger partial charge in [0, 0.05) is 61.2 Å². The molecular formula is C100H163N7O11Si2. The van der Waals surface area contributed by atoms with E-state index in [-0.39, 0.29) is 48.1 Å². The maximum atomic E-state index is 14.5. The van der Waals surface area contributed by atoms with Gasteiger partial charge < -0.3 is 62.4 Å². The number of hydrogen-bond acceptors (Lipinski definition) is 14. The van der Waals surface area contributed by atoms with Gasteiger partial charge in [0.25, 0.3) is 0 Å². The lowest BCUT2D eigenvalue weighted by molar-refractivity contribution is -0.130. The Labute approximate surface area is 728 Å². The van der Waals surface area contributed by atoms with Crippen LogP contribution in [0.1, 0.15) is 306 Å². The molecule has 0 fully saturated rings. The first-order chi connectivity index (χ1) is 57.0. The maximum Gasteiger partial charge on any atom is 0.240 e. The highest BCUT2D eigenvalue weighted by Gasteiger charge is 2.46. The molecule has 1 aliphatic rings. The number of fused-ring (bicyclic) bond motifs is 2. The van der Waals surface area contributed by atoms with Crippen LogP contribution in [0.5, 0.6) is 23.0 Å². The Bertz CT molecular complexity index is 3470. The minimum atomic E-state index is -1.77. The van der Waals surface area contributed by atoms with Crippen molar-refractivity contribution in [2.24, 2.45) is 58.3 Å². The summed E-state index contributed by atoms with van der Waals surface area (Å²) in [6.45, 7) is 43.6. The highest BCUT2D eigenvalue weighted by Crippen LogP contribution is 2.47. The van der Waals surface area contributed by atoms with Crippen LogP contribution >= 0.6 is 0 Å². The first kappa shape index (κ1) is 105. The van der Waals surface area contributed by atoms with Crippen molar-refractivity contribution in [2.45, 2.75) is 355 Å². The summed E-state index contributed by atoms with van der Waals surface area (Å²) in [6.07, 6.45) is 25.1. The predicted molar refractivity (Wildman–Crippen MR) is 500 cm³/mol. The van der Waals surface area contributed by atoms with E-state index >= 15 is 0 Å². The number of nitrogens with two attached hydrogens (primary N) is 5. The van der Waals surface area contributed by atoms with E-state index in [0.29, 0.717) is 102 Å². The van der Waals surface area contributed by atoms with Crippen molar-refractivity contribution >= 4 is 51.8 Å². The van der Waals surface area contributed by atoms with Crippen molar-refractivity contribution in [3.63, 3.8) is 0 Å². The number of benzene rings is 5. The fourth-order valence-electron chi connectivity index (χ4n) is 17.8. The Morgan fingerprint density at radius 3 is 0.992 bits per heavy atom. The third-order valence-electron chi connectivity index (χ3n) is 23.9. The average molecular weight is 1700 g/mol. The molecule has 0 aromatic heterocycles. The number of hydrogen-bond donors (Lipinski definition) is 7. The number of unbranched alkanes of at least 4 members (excludes halogenated alkanes) is 16. The molecule has 20 heteroatoms. The fourth-order valence-corrected chi connectivity index (χ4v) is 28.8.